The third-order valence-electron chi connectivity index (χ3n) is 0.707. The third-order valence-corrected chi connectivity index (χ3v) is 0.707. The van der Waals surface area contributed by atoms with E-state index in [9.17, 15) is 0 Å². The Hall–Kier alpha value is 1.30. The summed E-state index contributed by atoms with van der Waals surface area (Å²) >= 11 is 0. The molecule has 0 rings (SSSR count). The van der Waals surface area contributed by atoms with Crippen molar-refractivity contribution in [2.24, 2.45) is 0 Å². The first-order chi connectivity index (χ1) is 3.83. The molecule has 0 aromatic rings. The molecule has 0 amide bonds. The largest absolute Gasteiger partial charge is 2.00 e. The van der Waals surface area contributed by atoms with Gasteiger partial charge in [-0.1, -0.05) is 26.7 Å². The van der Waals surface area contributed by atoms with Crippen molar-refractivity contribution in [1.29, 1.82) is 0 Å². The van der Waals surface area contributed by atoms with Gasteiger partial charge in [-0.2, -0.15) is 12.8 Å². The number of hydrogen-bond donors (Lipinski definition) is 0. The summed E-state index contributed by atoms with van der Waals surface area (Å²) in [6.07, 6.45) is 4.56. The molecule has 0 atom stereocenters. The predicted octanol–water partition coefficient (Wildman–Crippen LogP) is 1.68. The average molecular weight is 169 g/mol. The van der Waals surface area contributed by atoms with E-state index in [2.05, 4.69) is 27.7 Å². The summed E-state index contributed by atoms with van der Waals surface area (Å²) in [4.78, 5) is 0. The maximum Gasteiger partial charge on any atom is 2.00 e. The van der Waals surface area contributed by atoms with Crippen LogP contribution in [0.1, 0.15) is 39.5 Å². The van der Waals surface area contributed by atoms with Crippen LogP contribution in [0.5, 0.6) is 0 Å². The third kappa shape index (κ3) is 58.9. The zero-order chi connectivity index (χ0) is 6.83. The molecule has 0 spiro atoms. The van der Waals surface area contributed by atoms with Gasteiger partial charge in [0.25, 0.3) is 0 Å². The van der Waals surface area contributed by atoms with Gasteiger partial charge in [-0.05, 0) is 0 Å². The molecule has 0 radical (unpaired) electrons. The van der Waals surface area contributed by atoms with Crippen molar-refractivity contribution in [2.45, 2.75) is 39.5 Å². The molecule has 10 heavy (non-hydrogen) atoms. The van der Waals surface area contributed by atoms with Crippen LogP contribution in [-0.4, -0.2) is 40.4 Å². The fourth-order valence-corrected chi connectivity index (χ4v) is 0. The van der Waals surface area contributed by atoms with Gasteiger partial charge in [0.05, 0.1) is 0 Å². The molecular formula is C8H21AlMg. The van der Waals surface area contributed by atoms with Crippen molar-refractivity contribution < 1.29 is 0 Å². The molecule has 0 aliphatic rings. The van der Waals surface area contributed by atoms with E-state index in [1.54, 1.807) is 0 Å². The molecule has 0 heterocycles. The van der Waals surface area contributed by atoms with Gasteiger partial charge in [0.2, 0.25) is 0 Å². The van der Waals surface area contributed by atoms with Crippen LogP contribution in [0.15, 0.2) is 0 Å². The monoisotopic (exact) mass is 168 g/mol. The van der Waals surface area contributed by atoms with E-state index in [0.717, 1.165) is 12.8 Å². The number of rotatable bonds is 2. The maximum atomic E-state index is 3.60. The van der Waals surface area contributed by atoms with Crippen molar-refractivity contribution in [3.63, 3.8) is 0 Å². The van der Waals surface area contributed by atoms with Crippen LogP contribution < -0.4 is 0 Å². The SMILES string of the molecule is [AlH3].[CH2-]CCC.[CH2-]CCC.[Mg+2]. The Morgan fingerprint density at radius 3 is 1.00 bits per heavy atom. The molecule has 0 fully saturated rings. The maximum absolute atomic E-state index is 3.60. The van der Waals surface area contributed by atoms with E-state index in [1.165, 1.54) is 12.8 Å². The Labute approximate surface area is 93.4 Å². The Bertz CT molecular complexity index is 17.2. The van der Waals surface area contributed by atoms with Crippen LogP contribution in [0.2, 0.25) is 0 Å². The first-order valence-electron chi connectivity index (χ1n) is 3.41. The summed E-state index contributed by atoms with van der Waals surface area (Å²) in [5, 5.41) is 0. The molecule has 0 N–H and O–H groups in total. The van der Waals surface area contributed by atoms with Crippen LogP contribution in [0.3, 0.4) is 0 Å². The molecule has 0 bridgehead atoms. The molecule has 0 aromatic heterocycles. The molecule has 0 unspecified atom stereocenters. The van der Waals surface area contributed by atoms with Crippen LogP contribution in [-0.2, 0) is 0 Å². The van der Waals surface area contributed by atoms with Gasteiger partial charge in [-0.15, -0.1) is 0 Å². The Balaban J connectivity index is -0.0000000300. The average Bonchev–Trinajstić information content (AvgIpc) is 1.88. The zero-order valence-corrected chi connectivity index (χ0v) is 8.36. The molecule has 2 heteroatoms. The Morgan fingerprint density at radius 2 is 1.00 bits per heavy atom. The second-order valence-corrected chi connectivity index (χ2v) is 1.71. The first kappa shape index (κ1) is 22.5. The minimum Gasteiger partial charge on any atom is -0.343 e. The van der Waals surface area contributed by atoms with Crippen LogP contribution in [0.4, 0.5) is 0 Å². The molecular weight excluding hydrogens is 147 g/mol. The second kappa shape index (κ2) is 31.7. The fraction of sp³-hybridized carbons (Fsp3) is 0.750. The Kier molecular flexibility index (Phi) is 71.3. The van der Waals surface area contributed by atoms with E-state index < -0.39 is 0 Å². The van der Waals surface area contributed by atoms with Crippen LogP contribution in [0, 0.1) is 13.8 Å². The van der Waals surface area contributed by atoms with Crippen molar-refractivity contribution >= 4 is 40.4 Å². The van der Waals surface area contributed by atoms with Crippen molar-refractivity contribution in [3.8, 4) is 0 Å². The predicted molar refractivity (Wildman–Crippen MR) is 56.2 cm³/mol. The van der Waals surface area contributed by atoms with Gasteiger partial charge >= 0.3 is 23.1 Å². The van der Waals surface area contributed by atoms with Gasteiger partial charge in [0, 0.05) is 0 Å². The topological polar surface area (TPSA) is 0 Å². The van der Waals surface area contributed by atoms with Crippen molar-refractivity contribution in [3.05, 3.63) is 13.8 Å². The smallest absolute Gasteiger partial charge is 0.343 e. The summed E-state index contributed by atoms with van der Waals surface area (Å²) in [6, 6.07) is 0. The molecule has 0 saturated carbocycles. The summed E-state index contributed by atoms with van der Waals surface area (Å²) < 4.78 is 0. The van der Waals surface area contributed by atoms with E-state index in [-0.39, 0.29) is 40.4 Å². The molecule has 0 aromatic carbocycles. The molecule has 0 saturated heterocycles. The minimum absolute atomic E-state index is 0. The van der Waals surface area contributed by atoms with Gasteiger partial charge in [0.15, 0.2) is 17.4 Å². The zero-order valence-electron chi connectivity index (χ0n) is 6.95. The van der Waals surface area contributed by atoms with E-state index in [0.29, 0.717) is 0 Å². The summed E-state index contributed by atoms with van der Waals surface area (Å²) in [6.45, 7) is 11.4. The van der Waals surface area contributed by atoms with E-state index in [1.807, 2.05) is 0 Å². The van der Waals surface area contributed by atoms with Crippen LogP contribution >= 0.6 is 0 Å². The number of hydrogen-bond acceptors (Lipinski definition) is 0. The first-order valence-corrected chi connectivity index (χ1v) is 3.41. The fourth-order valence-electron chi connectivity index (χ4n) is 0. The summed E-state index contributed by atoms with van der Waals surface area (Å²) in [5.74, 6) is 0. The molecule has 0 aliphatic carbocycles. The van der Waals surface area contributed by atoms with Gasteiger partial charge in [0.1, 0.15) is 0 Å². The molecule has 0 aliphatic heterocycles. The summed E-state index contributed by atoms with van der Waals surface area (Å²) in [5.41, 5.74) is 0. The van der Waals surface area contributed by atoms with Gasteiger partial charge in [-0.25, -0.2) is 0 Å². The van der Waals surface area contributed by atoms with Crippen molar-refractivity contribution in [1.82, 2.24) is 0 Å². The van der Waals surface area contributed by atoms with E-state index in [4.69, 9.17) is 0 Å². The molecule has 0 nitrogen and oxygen atoms in total. The second-order valence-electron chi connectivity index (χ2n) is 1.71. The van der Waals surface area contributed by atoms with Gasteiger partial charge in [-0.3, -0.25) is 0 Å². The quantitative estimate of drug-likeness (QED) is 0.435. The summed E-state index contributed by atoms with van der Waals surface area (Å²) in [7, 11) is 0. The van der Waals surface area contributed by atoms with Crippen LogP contribution in [0.25, 0.3) is 0 Å². The molecule has 58 valence electrons. The standard InChI is InChI=1S/2C4H9.Al.Mg.3H/c2*1-3-4-2;;;;;/h2*1,3-4H2,2H3;;;;;/q2*-1;;+2;;;. The van der Waals surface area contributed by atoms with E-state index >= 15 is 0 Å². The minimum atomic E-state index is 0. The van der Waals surface area contributed by atoms with Gasteiger partial charge < -0.3 is 13.8 Å². The normalized spacial score (nSPS) is 6.00. The van der Waals surface area contributed by atoms with Crippen molar-refractivity contribution in [2.75, 3.05) is 0 Å². The Morgan fingerprint density at radius 1 is 0.900 bits per heavy atom. The number of unbranched alkanes of at least 4 members (excludes halogenated alkanes) is 2.